The Labute approximate surface area is 158 Å². The molecule has 0 bridgehead atoms. The number of hydrogen-bond acceptors (Lipinski definition) is 7. The van der Waals surface area contributed by atoms with Crippen molar-refractivity contribution in [1.82, 2.24) is 24.3 Å². The molecule has 3 aromatic rings. The second kappa shape index (κ2) is 7.73. The summed E-state index contributed by atoms with van der Waals surface area (Å²) in [5.41, 5.74) is 0.676. The Kier molecular flexibility index (Phi) is 5.17. The minimum Gasteiger partial charge on any atom is -0.356 e. The Morgan fingerprint density at radius 3 is 2.96 bits per heavy atom. The number of fused-ring (bicyclic) bond motifs is 1. The fourth-order valence-corrected chi connectivity index (χ4v) is 3.83. The Bertz CT molecular complexity index is 935. The highest BCUT2D eigenvalue weighted by atomic mass is 32.2. The number of halogens is 2. The van der Waals surface area contributed by atoms with Gasteiger partial charge in [0.25, 0.3) is 6.43 Å². The van der Waals surface area contributed by atoms with Crippen LogP contribution in [0.25, 0.3) is 17.2 Å². The van der Waals surface area contributed by atoms with Gasteiger partial charge in [-0.25, -0.2) is 28.7 Å². The van der Waals surface area contributed by atoms with Crippen molar-refractivity contribution in [3.05, 3.63) is 36.5 Å². The number of alkyl halides is 2. The van der Waals surface area contributed by atoms with E-state index in [9.17, 15) is 8.78 Å². The van der Waals surface area contributed by atoms with Crippen LogP contribution in [0.1, 0.15) is 25.0 Å². The lowest BCUT2D eigenvalue weighted by Gasteiger charge is -2.33. The SMILES string of the molecule is OSCC1CCCN(c2ccnc(-c3cnc4cnc(C(F)F)cn34)n2)C1. The van der Waals surface area contributed by atoms with Crippen molar-refractivity contribution in [3.8, 4) is 11.5 Å². The number of hydrogen-bond donors (Lipinski definition) is 1. The molecule has 10 heteroatoms. The second-order valence-corrected chi connectivity index (χ2v) is 7.06. The van der Waals surface area contributed by atoms with Gasteiger partial charge in [0.2, 0.25) is 0 Å². The quantitative estimate of drug-likeness (QED) is 0.665. The summed E-state index contributed by atoms with van der Waals surface area (Å²) >= 11 is 0.873. The van der Waals surface area contributed by atoms with E-state index in [1.165, 1.54) is 16.8 Å². The van der Waals surface area contributed by atoms with Crippen LogP contribution in [-0.2, 0) is 0 Å². The van der Waals surface area contributed by atoms with Crippen LogP contribution in [0, 0.1) is 5.92 Å². The van der Waals surface area contributed by atoms with Crippen LogP contribution in [0.2, 0.25) is 0 Å². The molecule has 0 amide bonds. The molecule has 1 fully saturated rings. The van der Waals surface area contributed by atoms with Gasteiger partial charge in [0, 0.05) is 31.2 Å². The molecule has 0 aromatic carbocycles. The molecule has 27 heavy (non-hydrogen) atoms. The van der Waals surface area contributed by atoms with Crippen LogP contribution in [0.15, 0.2) is 30.9 Å². The highest BCUT2D eigenvalue weighted by molar-refractivity contribution is 7.93. The molecular weight excluding hydrogens is 374 g/mol. The van der Waals surface area contributed by atoms with E-state index < -0.39 is 6.43 Å². The molecule has 0 aliphatic carbocycles. The summed E-state index contributed by atoms with van der Waals surface area (Å²) in [5.74, 6) is 2.31. The van der Waals surface area contributed by atoms with Crippen molar-refractivity contribution in [1.29, 1.82) is 0 Å². The monoisotopic (exact) mass is 392 g/mol. The first kappa shape index (κ1) is 18.1. The van der Waals surface area contributed by atoms with Gasteiger partial charge in [-0.3, -0.25) is 4.40 Å². The molecule has 1 unspecified atom stereocenters. The highest BCUT2D eigenvalue weighted by Crippen LogP contribution is 2.26. The molecular formula is C17H18F2N6OS. The van der Waals surface area contributed by atoms with E-state index in [0.717, 1.165) is 43.8 Å². The normalized spacial score (nSPS) is 17.8. The Balaban J connectivity index is 1.66. The first-order valence-electron chi connectivity index (χ1n) is 8.61. The fourth-order valence-electron chi connectivity index (χ4n) is 3.35. The molecule has 4 rings (SSSR count). The smallest absolute Gasteiger partial charge is 0.281 e. The number of rotatable bonds is 5. The summed E-state index contributed by atoms with van der Waals surface area (Å²) in [6.45, 7) is 1.70. The standard InChI is InChI=1S/C17H18F2N6OS/c18-16(19)12-9-25-13(6-22-15(25)7-21-12)17-20-4-3-14(23-17)24-5-1-2-11(8-24)10-27-26/h3-4,6-7,9,11,16,26H,1-2,5,8,10H2. The molecule has 3 aromatic heterocycles. The van der Waals surface area contributed by atoms with E-state index in [1.54, 1.807) is 12.4 Å². The molecule has 1 atom stereocenters. The van der Waals surface area contributed by atoms with Crippen molar-refractivity contribution in [2.45, 2.75) is 19.3 Å². The maximum atomic E-state index is 13.0. The summed E-state index contributed by atoms with van der Waals surface area (Å²) in [5, 5.41) is 0. The van der Waals surface area contributed by atoms with Gasteiger partial charge in [0.05, 0.1) is 12.4 Å². The third-order valence-corrected chi connectivity index (χ3v) is 5.28. The number of aromatic nitrogens is 5. The first-order chi connectivity index (χ1) is 13.2. The van der Waals surface area contributed by atoms with Crippen LogP contribution < -0.4 is 4.90 Å². The largest absolute Gasteiger partial charge is 0.356 e. The summed E-state index contributed by atoms with van der Waals surface area (Å²) in [6, 6.07) is 1.84. The maximum Gasteiger partial charge on any atom is 0.281 e. The third-order valence-electron chi connectivity index (χ3n) is 4.66. The Morgan fingerprint density at radius 2 is 2.15 bits per heavy atom. The molecule has 1 N–H and O–H groups in total. The molecule has 0 radical (unpaired) electrons. The van der Waals surface area contributed by atoms with E-state index in [1.807, 2.05) is 6.07 Å². The van der Waals surface area contributed by atoms with Gasteiger partial charge in [0.1, 0.15) is 17.2 Å². The first-order valence-corrected chi connectivity index (χ1v) is 9.56. The number of anilines is 1. The van der Waals surface area contributed by atoms with Crippen molar-refractivity contribution in [3.63, 3.8) is 0 Å². The lowest BCUT2D eigenvalue weighted by atomic mass is 10.0. The van der Waals surface area contributed by atoms with Crippen molar-refractivity contribution >= 4 is 23.5 Å². The van der Waals surface area contributed by atoms with Crippen LogP contribution in [0.4, 0.5) is 14.6 Å². The Morgan fingerprint density at radius 1 is 1.26 bits per heavy atom. The average molecular weight is 392 g/mol. The van der Waals surface area contributed by atoms with E-state index >= 15 is 0 Å². The number of imidazole rings is 1. The molecule has 7 nitrogen and oxygen atoms in total. The lowest BCUT2D eigenvalue weighted by Crippen LogP contribution is -2.36. The molecule has 1 saturated heterocycles. The van der Waals surface area contributed by atoms with E-state index in [4.69, 9.17) is 4.55 Å². The lowest BCUT2D eigenvalue weighted by molar-refractivity contribution is 0.145. The summed E-state index contributed by atoms with van der Waals surface area (Å²) in [6.07, 6.45) is 5.27. The van der Waals surface area contributed by atoms with Gasteiger partial charge in [-0.2, -0.15) is 0 Å². The van der Waals surface area contributed by atoms with Gasteiger partial charge in [-0.1, -0.05) is 0 Å². The minimum atomic E-state index is -2.66. The predicted molar refractivity (Wildman–Crippen MR) is 99.0 cm³/mol. The molecule has 1 aliphatic heterocycles. The molecule has 1 aliphatic rings. The molecule has 0 spiro atoms. The zero-order valence-electron chi connectivity index (χ0n) is 14.4. The van der Waals surface area contributed by atoms with Gasteiger partial charge in [0.15, 0.2) is 11.5 Å². The van der Waals surface area contributed by atoms with Crippen LogP contribution >= 0.6 is 12.0 Å². The zero-order chi connectivity index (χ0) is 18.8. The number of piperidine rings is 1. The van der Waals surface area contributed by atoms with Gasteiger partial charge in [-0.05, 0) is 36.9 Å². The Hall–Kier alpha value is -2.33. The van der Waals surface area contributed by atoms with Crippen molar-refractivity contribution < 1.29 is 13.3 Å². The van der Waals surface area contributed by atoms with E-state index in [-0.39, 0.29) is 5.69 Å². The van der Waals surface area contributed by atoms with Crippen LogP contribution in [-0.4, -0.2) is 47.7 Å². The van der Waals surface area contributed by atoms with Crippen LogP contribution in [0.3, 0.4) is 0 Å². The summed E-state index contributed by atoms with van der Waals surface area (Å²) in [4.78, 5) is 19.0. The van der Waals surface area contributed by atoms with Crippen molar-refractivity contribution in [2.75, 3.05) is 23.7 Å². The van der Waals surface area contributed by atoms with E-state index in [2.05, 4.69) is 24.8 Å². The highest BCUT2D eigenvalue weighted by Gasteiger charge is 2.22. The second-order valence-electron chi connectivity index (χ2n) is 6.47. The zero-order valence-corrected chi connectivity index (χ0v) is 15.2. The molecule has 142 valence electrons. The predicted octanol–water partition coefficient (Wildman–Crippen LogP) is 3.55. The van der Waals surface area contributed by atoms with Crippen LogP contribution in [0.5, 0.6) is 0 Å². The summed E-state index contributed by atoms with van der Waals surface area (Å²) < 4.78 is 36.6. The fraction of sp³-hybridized carbons (Fsp3) is 0.412. The van der Waals surface area contributed by atoms with Gasteiger partial charge >= 0.3 is 0 Å². The average Bonchev–Trinajstić information content (AvgIpc) is 3.12. The molecule has 0 saturated carbocycles. The summed E-state index contributed by atoms with van der Waals surface area (Å²) in [7, 11) is 0. The maximum absolute atomic E-state index is 13.0. The molecule has 4 heterocycles. The van der Waals surface area contributed by atoms with E-state index in [0.29, 0.717) is 28.8 Å². The number of nitrogens with zero attached hydrogens (tertiary/aromatic N) is 6. The van der Waals surface area contributed by atoms with Crippen molar-refractivity contribution in [2.24, 2.45) is 5.92 Å². The minimum absolute atomic E-state index is 0.321. The third kappa shape index (κ3) is 3.72. The van der Waals surface area contributed by atoms with Gasteiger partial charge in [-0.15, -0.1) is 0 Å². The topological polar surface area (TPSA) is 79.4 Å². The van der Waals surface area contributed by atoms with Gasteiger partial charge < -0.3 is 9.45 Å².